The van der Waals surface area contributed by atoms with Crippen molar-refractivity contribution in [3.63, 3.8) is 0 Å². The standard InChI is InChI=1S/C33H36N4O/c1-22(2)17-18-37-31-8-6-5-7-27(31)33(32(37)38)20-28(33)25-14-15-26-29(34-35-30(26)19-25)16-13-23-9-11-24(12-10-23)21-36(3)4/h5-16,19,22,28H,17-18,20-21H2,1-4H3,(H,34,35)/b16-13+. The summed E-state index contributed by atoms with van der Waals surface area (Å²) in [5.74, 6) is 1.04. The van der Waals surface area contributed by atoms with Crippen molar-refractivity contribution in [2.45, 2.75) is 44.6 Å². The molecular weight excluding hydrogens is 468 g/mol. The van der Waals surface area contributed by atoms with Gasteiger partial charge in [0.05, 0.1) is 16.6 Å². The molecule has 1 N–H and O–H groups in total. The molecule has 38 heavy (non-hydrogen) atoms. The highest BCUT2D eigenvalue weighted by atomic mass is 16.2. The Bertz CT molecular complexity index is 1510. The first kappa shape index (κ1) is 24.6. The van der Waals surface area contributed by atoms with Crippen LogP contribution in [-0.2, 0) is 16.8 Å². The SMILES string of the molecule is CC(C)CCN1C(=O)C2(CC2c2ccc3c(/C=C/c4ccc(CN(C)C)cc4)n[nH]c3c2)c2ccccc21. The van der Waals surface area contributed by atoms with Gasteiger partial charge in [-0.05, 0) is 73.3 Å². The fraction of sp³-hybridized carbons (Fsp3) is 0.333. The second-order valence-electron chi connectivity index (χ2n) is 11.6. The van der Waals surface area contributed by atoms with Gasteiger partial charge in [-0.25, -0.2) is 0 Å². The van der Waals surface area contributed by atoms with Gasteiger partial charge in [-0.1, -0.05) is 74.5 Å². The summed E-state index contributed by atoms with van der Waals surface area (Å²) in [4.78, 5) is 18.0. The maximum absolute atomic E-state index is 13.8. The number of benzene rings is 3. The molecule has 4 aromatic rings. The highest BCUT2D eigenvalue weighted by Gasteiger charge is 2.67. The lowest BCUT2D eigenvalue weighted by atomic mass is 9.92. The molecule has 5 nitrogen and oxygen atoms in total. The Kier molecular flexibility index (Phi) is 6.19. The zero-order valence-corrected chi connectivity index (χ0v) is 22.7. The number of aromatic amines is 1. The highest BCUT2D eigenvalue weighted by molar-refractivity contribution is 6.11. The number of hydrogen-bond acceptors (Lipinski definition) is 3. The number of amides is 1. The van der Waals surface area contributed by atoms with Gasteiger partial charge in [-0.2, -0.15) is 5.10 Å². The van der Waals surface area contributed by atoms with Crippen LogP contribution < -0.4 is 4.90 Å². The quantitative estimate of drug-likeness (QED) is 0.294. The van der Waals surface area contributed by atoms with Crippen LogP contribution in [0.3, 0.4) is 0 Å². The number of aromatic nitrogens is 2. The van der Waals surface area contributed by atoms with Crippen LogP contribution in [0.15, 0.2) is 66.7 Å². The molecular formula is C33H36N4O. The molecule has 1 aliphatic heterocycles. The van der Waals surface area contributed by atoms with Gasteiger partial charge in [0.2, 0.25) is 5.91 Å². The van der Waals surface area contributed by atoms with E-state index in [2.05, 4.69) is 122 Å². The summed E-state index contributed by atoms with van der Waals surface area (Å²) in [6.07, 6.45) is 6.06. The van der Waals surface area contributed by atoms with E-state index in [0.29, 0.717) is 5.92 Å². The van der Waals surface area contributed by atoms with Crippen molar-refractivity contribution in [1.82, 2.24) is 15.1 Å². The average molecular weight is 505 g/mol. The molecule has 6 rings (SSSR count). The van der Waals surface area contributed by atoms with Gasteiger partial charge in [-0.15, -0.1) is 0 Å². The van der Waals surface area contributed by atoms with E-state index in [1.807, 2.05) is 4.90 Å². The summed E-state index contributed by atoms with van der Waals surface area (Å²) in [5.41, 5.74) is 7.49. The molecule has 2 atom stereocenters. The van der Waals surface area contributed by atoms with Gasteiger partial charge >= 0.3 is 0 Å². The maximum atomic E-state index is 13.8. The molecule has 1 fully saturated rings. The number of anilines is 1. The summed E-state index contributed by atoms with van der Waals surface area (Å²) in [5, 5.41) is 8.91. The molecule has 0 radical (unpaired) electrons. The molecule has 5 heteroatoms. The van der Waals surface area contributed by atoms with Gasteiger partial charge in [-0.3, -0.25) is 9.89 Å². The predicted molar refractivity (Wildman–Crippen MR) is 156 cm³/mol. The molecule has 1 saturated carbocycles. The number of carbonyl (C=O) groups is 1. The van der Waals surface area contributed by atoms with Gasteiger partial charge < -0.3 is 9.80 Å². The van der Waals surface area contributed by atoms with Crippen LogP contribution >= 0.6 is 0 Å². The largest absolute Gasteiger partial charge is 0.311 e. The van der Waals surface area contributed by atoms with Crippen LogP contribution in [0.25, 0.3) is 23.1 Å². The van der Waals surface area contributed by atoms with Crippen LogP contribution in [-0.4, -0.2) is 41.6 Å². The normalized spacial score (nSPS) is 20.5. The van der Waals surface area contributed by atoms with Crippen LogP contribution in [0, 0.1) is 5.92 Å². The minimum absolute atomic E-state index is 0.201. The van der Waals surface area contributed by atoms with Gasteiger partial charge in [0, 0.05) is 30.1 Å². The molecule has 0 bridgehead atoms. The second-order valence-corrected chi connectivity index (χ2v) is 11.6. The lowest BCUT2D eigenvalue weighted by molar-refractivity contribution is -0.120. The minimum Gasteiger partial charge on any atom is -0.311 e. The third kappa shape index (κ3) is 4.25. The van der Waals surface area contributed by atoms with Crippen molar-refractivity contribution >= 4 is 34.6 Å². The second kappa shape index (κ2) is 9.55. The predicted octanol–water partition coefficient (Wildman–Crippen LogP) is 6.61. The molecule has 1 spiro atoms. The number of carbonyl (C=O) groups excluding carboxylic acids is 1. The van der Waals surface area contributed by atoms with Crippen molar-refractivity contribution in [3.8, 4) is 0 Å². The zero-order valence-electron chi connectivity index (χ0n) is 22.7. The van der Waals surface area contributed by atoms with Crippen molar-refractivity contribution in [2.24, 2.45) is 5.92 Å². The van der Waals surface area contributed by atoms with Crippen molar-refractivity contribution < 1.29 is 4.79 Å². The molecule has 2 aliphatic rings. The Hall–Kier alpha value is -3.70. The number of nitrogens with zero attached hydrogens (tertiary/aromatic N) is 3. The molecule has 3 aromatic carbocycles. The number of hydrogen-bond donors (Lipinski definition) is 1. The summed E-state index contributed by atoms with van der Waals surface area (Å²) >= 11 is 0. The van der Waals surface area contributed by atoms with E-state index >= 15 is 0 Å². The first-order valence-corrected chi connectivity index (χ1v) is 13.7. The average Bonchev–Trinajstić information content (AvgIpc) is 3.46. The molecule has 194 valence electrons. The topological polar surface area (TPSA) is 52.2 Å². The molecule has 1 aromatic heterocycles. The smallest absolute Gasteiger partial charge is 0.238 e. The fourth-order valence-corrected chi connectivity index (χ4v) is 6.04. The Labute approximate surface area is 225 Å². The summed E-state index contributed by atoms with van der Waals surface area (Å²) in [7, 11) is 4.16. The summed E-state index contributed by atoms with van der Waals surface area (Å²) in [6.45, 7) is 6.15. The van der Waals surface area contributed by atoms with Crippen LogP contribution in [0.1, 0.15) is 60.6 Å². The van der Waals surface area contributed by atoms with E-state index in [0.717, 1.165) is 53.8 Å². The molecule has 1 amide bonds. The first-order chi connectivity index (χ1) is 18.4. The molecule has 2 unspecified atom stereocenters. The van der Waals surface area contributed by atoms with Crippen molar-refractivity contribution in [1.29, 1.82) is 0 Å². The number of rotatable bonds is 8. The third-order valence-electron chi connectivity index (χ3n) is 8.12. The Morgan fingerprint density at radius 3 is 2.63 bits per heavy atom. The van der Waals surface area contributed by atoms with E-state index in [-0.39, 0.29) is 11.8 Å². The summed E-state index contributed by atoms with van der Waals surface area (Å²) < 4.78 is 0. The van der Waals surface area contributed by atoms with E-state index in [1.165, 1.54) is 16.7 Å². The minimum atomic E-state index is -0.414. The summed E-state index contributed by atoms with van der Waals surface area (Å²) in [6, 6.07) is 23.6. The van der Waals surface area contributed by atoms with Crippen LogP contribution in [0.5, 0.6) is 0 Å². The Balaban J connectivity index is 1.23. The van der Waals surface area contributed by atoms with Crippen LogP contribution in [0.2, 0.25) is 0 Å². The van der Waals surface area contributed by atoms with E-state index in [9.17, 15) is 4.79 Å². The lowest BCUT2D eigenvalue weighted by Gasteiger charge is -2.19. The number of H-pyrrole nitrogens is 1. The fourth-order valence-electron chi connectivity index (χ4n) is 6.04. The maximum Gasteiger partial charge on any atom is 0.238 e. The van der Waals surface area contributed by atoms with Crippen molar-refractivity contribution in [3.05, 3.63) is 94.7 Å². The van der Waals surface area contributed by atoms with Gasteiger partial charge in [0.1, 0.15) is 0 Å². The Morgan fingerprint density at radius 1 is 1.08 bits per heavy atom. The number of nitrogens with one attached hydrogen (secondary N) is 1. The third-order valence-corrected chi connectivity index (χ3v) is 8.12. The lowest BCUT2D eigenvalue weighted by Crippen LogP contribution is -2.34. The van der Waals surface area contributed by atoms with Gasteiger partial charge in [0.25, 0.3) is 0 Å². The van der Waals surface area contributed by atoms with Gasteiger partial charge in [0.15, 0.2) is 0 Å². The van der Waals surface area contributed by atoms with Crippen molar-refractivity contribution in [2.75, 3.05) is 25.5 Å². The number of para-hydroxylation sites is 1. The highest BCUT2D eigenvalue weighted by Crippen LogP contribution is 2.66. The van der Waals surface area contributed by atoms with Crippen LogP contribution in [0.4, 0.5) is 5.69 Å². The zero-order chi connectivity index (χ0) is 26.4. The monoisotopic (exact) mass is 504 g/mol. The molecule has 1 aliphatic carbocycles. The van der Waals surface area contributed by atoms with E-state index < -0.39 is 5.41 Å². The first-order valence-electron chi connectivity index (χ1n) is 13.7. The molecule has 2 heterocycles. The van der Waals surface area contributed by atoms with E-state index in [1.54, 1.807) is 0 Å². The number of fused-ring (bicyclic) bond motifs is 3. The molecule has 0 saturated heterocycles. The Morgan fingerprint density at radius 2 is 1.87 bits per heavy atom. The van der Waals surface area contributed by atoms with E-state index in [4.69, 9.17) is 0 Å².